The zero-order chi connectivity index (χ0) is 11.6. The number of hydrogen-bond donors (Lipinski definition) is 0. The van der Waals surface area contributed by atoms with Gasteiger partial charge in [0.25, 0.3) is 6.43 Å². The van der Waals surface area contributed by atoms with Crippen molar-refractivity contribution in [2.75, 3.05) is 7.11 Å². The average molecular weight is 239 g/mol. The number of ether oxygens (including phenoxy) is 1. The van der Waals surface area contributed by atoms with Gasteiger partial charge in [-0.15, -0.1) is 0 Å². The number of hydrogen-bond acceptors (Lipinski definition) is 4. The maximum absolute atomic E-state index is 12.2. The van der Waals surface area contributed by atoms with E-state index in [1.165, 1.54) is 0 Å². The predicted molar refractivity (Wildman–Crippen MR) is 47.4 cm³/mol. The number of methoxy groups -OCH3 is 1. The summed E-state index contributed by atoms with van der Waals surface area (Å²) in [5.41, 5.74) is -1.29. The Morgan fingerprint density at radius 3 is 2.67 bits per heavy atom. The summed E-state index contributed by atoms with van der Waals surface area (Å²) in [4.78, 5) is 12.8. The second-order valence-electron chi connectivity index (χ2n) is 2.45. The zero-order valence-corrected chi connectivity index (χ0v) is 8.16. The monoisotopic (exact) mass is 238 g/mol. The summed E-state index contributed by atoms with van der Waals surface area (Å²) in [5.74, 6) is -0.338. The van der Waals surface area contributed by atoms with Crippen LogP contribution >= 0.6 is 11.6 Å². The molecule has 0 aromatic carbocycles. The van der Waals surface area contributed by atoms with Gasteiger partial charge in [0, 0.05) is 6.07 Å². The Morgan fingerprint density at radius 1 is 1.67 bits per heavy atom. The Balaban J connectivity index is 3.37. The van der Waals surface area contributed by atoms with E-state index in [0.29, 0.717) is 0 Å². The van der Waals surface area contributed by atoms with Crippen LogP contribution in [0, 0.1) is 10.1 Å². The molecule has 0 fully saturated rings. The van der Waals surface area contributed by atoms with E-state index in [0.717, 1.165) is 13.2 Å². The van der Waals surface area contributed by atoms with E-state index < -0.39 is 27.9 Å². The summed E-state index contributed by atoms with van der Waals surface area (Å²) in [6.45, 7) is 0. The molecule has 8 heteroatoms. The fourth-order valence-electron chi connectivity index (χ4n) is 0.936. The first-order valence-electron chi connectivity index (χ1n) is 3.64. The summed E-state index contributed by atoms with van der Waals surface area (Å²) in [5, 5.41) is 9.88. The Kier molecular flexibility index (Phi) is 3.35. The maximum Gasteiger partial charge on any atom is 0.347 e. The molecular formula is C7H5ClF2N2O3. The molecular weight excluding hydrogens is 234 g/mol. The molecule has 0 N–H and O–H groups in total. The van der Waals surface area contributed by atoms with Gasteiger partial charge in [0.2, 0.25) is 10.9 Å². The van der Waals surface area contributed by atoms with Crippen LogP contribution in [-0.2, 0) is 0 Å². The van der Waals surface area contributed by atoms with Crippen LogP contribution in [0.5, 0.6) is 5.75 Å². The lowest BCUT2D eigenvalue weighted by Gasteiger charge is -2.05. The summed E-state index contributed by atoms with van der Waals surface area (Å²) in [6.07, 6.45) is -2.86. The lowest BCUT2D eigenvalue weighted by Crippen LogP contribution is -2.00. The Bertz CT molecular complexity index is 400. The number of nitro groups is 1. The molecule has 0 unspecified atom stereocenters. The molecule has 0 aliphatic heterocycles. The second kappa shape index (κ2) is 4.35. The van der Waals surface area contributed by atoms with E-state index in [-0.39, 0.29) is 5.75 Å². The van der Waals surface area contributed by atoms with Crippen molar-refractivity contribution in [2.24, 2.45) is 0 Å². The quantitative estimate of drug-likeness (QED) is 0.461. The van der Waals surface area contributed by atoms with Crippen molar-refractivity contribution < 1.29 is 18.4 Å². The number of aromatic nitrogens is 1. The van der Waals surface area contributed by atoms with Gasteiger partial charge in [-0.3, -0.25) is 10.1 Å². The van der Waals surface area contributed by atoms with Crippen LogP contribution in [0.1, 0.15) is 12.1 Å². The van der Waals surface area contributed by atoms with Crippen LogP contribution < -0.4 is 4.74 Å². The van der Waals surface area contributed by atoms with Crippen LogP contribution in [0.3, 0.4) is 0 Å². The van der Waals surface area contributed by atoms with E-state index in [2.05, 4.69) is 9.72 Å². The molecule has 0 bridgehead atoms. The molecule has 15 heavy (non-hydrogen) atoms. The first-order valence-corrected chi connectivity index (χ1v) is 4.02. The Labute approximate surface area is 87.8 Å². The van der Waals surface area contributed by atoms with Gasteiger partial charge in [-0.05, 0) is 0 Å². The fourth-order valence-corrected chi connectivity index (χ4v) is 1.20. The minimum Gasteiger partial charge on any atom is -0.490 e. The van der Waals surface area contributed by atoms with Gasteiger partial charge in [-0.1, -0.05) is 11.6 Å². The van der Waals surface area contributed by atoms with Gasteiger partial charge in [-0.2, -0.15) is 0 Å². The van der Waals surface area contributed by atoms with Crippen molar-refractivity contribution >= 4 is 17.3 Å². The molecule has 0 aliphatic rings. The van der Waals surface area contributed by atoms with Gasteiger partial charge in [0.05, 0.1) is 12.0 Å². The van der Waals surface area contributed by atoms with Crippen molar-refractivity contribution in [2.45, 2.75) is 6.43 Å². The number of rotatable bonds is 3. The molecule has 0 amide bonds. The standard InChI is InChI=1S/C7H5ClF2N2O3/c1-15-4-2-3(7(9)10)11-6(8)5(4)12(13)14/h2,7H,1H3. The maximum atomic E-state index is 12.2. The SMILES string of the molecule is COc1cc(C(F)F)nc(Cl)c1[N+](=O)[O-]. The van der Waals surface area contributed by atoms with Crippen molar-refractivity contribution in [3.8, 4) is 5.75 Å². The van der Waals surface area contributed by atoms with Crippen LogP contribution in [0.25, 0.3) is 0 Å². The minimum atomic E-state index is -2.86. The molecule has 1 aromatic rings. The molecule has 82 valence electrons. The number of nitrogens with zero attached hydrogens (tertiary/aromatic N) is 2. The van der Waals surface area contributed by atoms with Crippen LogP contribution in [0.4, 0.5) is 14.5 Å². The van der Waals surface area contributed by atoms with Gasteiger partial charge in [-0.25, -0.2) is 13.8 Å². The highest BCUT2D eigenvalue weighted by atomic mass is 35.5. The van der Waals surface area contributed by atoms with E-state index in [9.17, 15) is 18.9 Å². The van der Waals surface area contributed by atoms with E-state index in [1.54, 1.807) is 0 Å². The highest BCUT2D eigenvalue weighted by Gasteiger charge is 2.25. The first-order chi connectivity index (χ1) is 6.97. The van der Waals surface area contributed by atoms with Gasteiger partial charge >= 0.3 is 5.69 Å². The Hall–Kier alpha value is -1.50. The summed E-state index contributed by atoms with van der Waals surface area (Å²) in [7, 11) is 1.12. The van der Waals surface area contributed by atoms with Gasteiger partial charge in [0.1, 0.15) is 5.69 Å². The predicted octanol–water partition coefficient (Wildman–Crippen LogP) is 2.59. The third-order valence-electron chi connectivity index (χ3n) is 1.56. The van der Waals surface area contributed by atoms with Crippen molar-refractivity contribution in [3.05, 3.63) is 27.0 Å². The molecule has 0 spiro atoms. The highest BCUT2D eigenvalue weighted by molar-refractivity contribution is 6.31. The molecule has 5 nitrogen and oxygen atoms in total. The molecule has 0 aliphatic carbocycles. The molecule has 1 aromatic heterocycles. The Morgan fingerprint density at radius 2 is 2.27 bits per heavy atom. The lowest BCUT2D eigenvalue weighted by atomic mass is 10.3. The summed E-state index contributed by atoms with van der Waals surface area (Å²) < 4.78 is 29.1. The number of pyridine rings is 1. The largest absolute Gasteiger partial charge is 0.490 e. The van der Waals surface area contributed by atoms with Crippen molar-refractivity contribution in [1.29, 1.82) is 0 Å². The summed E-state index contributed by atoms with van der Waals surface area (Å²) >= 11 is 5.39. The molecule has 1 rings (SSSR count). The van der Waals surface area contributed by atoms with Gasteiger partial charge in [0.15, 0.2) is 0 Å². The third kappa shape index (κ3) is 2.30. The minimum absolute atomic E-state index is 0.338. The van der Waals surface area contributed by atoms with Crippen molar-refractivity contribution in [1.82, 2.24) is 4.98 Å². The number of halogens is 3. The second-order valence-corrected chi connectivity index (χ2v) is 2.80. The smallest absolute Gasteiger partial charge is 0.347 e. The molecule has 0 atom stereocenters. The fraction of sp³-hybridized carbons (Fsp3) is 0.286. The first kappa shape index (κ1) is 11.6. The van der Waals surface area contributed by atoms with Crippen LogP contribution in [0.15, 0.2) is 6.07 Å². The van der Waals surface area contributed by atoms with Crippen LogP contribution in [-0.4, -0.2) is 17.0 Å². The number of alkyl halides is 2. The topological polar surface area (TPSA) is 65.3 Å². The third-order valence-corrected chi connectivity index (χ3v) is 1.82. The van der Waals surface area contributed by atoms with E-state index in [4.69, 9.17) is 11.6 Å². The van der Waals surface area contributed by atoms with Crippen LogP contribution in [0.2, 0.25) is 5.15 Å². The highest BCUT2D eigenvalue weighted by Crippen LogP contribution is 2.35. The molecule has 0 saturated carbocycles. The summed E-state index contributed by atoms with van der Waals surface area (Å²) in [6, 6.07) is 0.786. The van der Waals surface area contributed by atoms with Crippen molar-refractivity contribution in [3.63, 3.8) is 0 Å². The lowest BCUT2D eigenvalue weighted by molar-refractivity contribution is -0.386. The molecule has 0 saturated heterocycles. The molecule has 1 heterocycles. The molecule has 0 radical (unpaired) electrons. The van der Waals surface area contributed by atoms with E-state index >= 15 is 0 Å². The van der Waals surface area contributed by atoms with E-state index in [1.807, 2.05) is 0 Å². The van der Waals surface area contributed by atoms with Gasteiger partial charge < -0.3 is 4.74 Å². The zero-order valence-electron chi connectivity index (χ0n) is 7.41. The average Bonchev–Trinajstić information content (AvgIpc) is 2.15. The normalized spacial score (nSPS) is 10.5.